The molecule has 2 heterocycles. The molecule has 7 nitrogen and oxygen atoms in total. The van der Waals surface area contributed by atoms with Crippen molar-refractivity contribution in [2.24, 2.45) is 0 Å². The molecule has 7 heteroatoms. The van der Waals surface area contributed by atoms with Crippen LogP contribution in [0.5, 0.6) is 0 Å². The number of carbonyl (C=O) groups is 1. The molecular formula is C17H17N5O2. The molecule has 0 N–H and O–H groups in total. The van der Waals surface area contributed by atoms with Crippen molar-refractivity contribution in [3.8, 4) is 17.5 Å². The molecule has 1 unspecified atom stereocenters. The second-order valence-electron chi connectivity index (χ2n) is 6.20. The van der Waals surface area contributed by atoms with Gasteiger partial charge < -0.3 is 9.42 Å². The van der Waals surface area contributed by atoms with Gasteiger partial charge in [0.25, 0.3) is 5.91 Å². The Morgan fingerprint density at radius 3 is 2.67 bits per heavy atom. The molecule has 1 aliphatic heterocycles. The van der Waals surface area contributed by atoms with Gasteiger partial charge in [0.1, 0.15) is 6.04 Å². The molecule has 1 aromatic heterocycles. The number of nitriles is 1. The van der Waals surface area contributed by atoms with Gasteiger partial charge in [-0.25, -0.2) is 0 Å². The van der Waals surface area contributed by atoms with Gasteiger partial charge in [-0.05, 0) is 25.0 Å². The molecule has 1 amide bonds. The summed E-state index contributed by atoms with van der Waals surface area (Å²) in [6.45, 7) is 1.91. The molecule has 122 valence electrons. The Hall–Kier alpha value is -2.72. The maximum atomic E-state index is 12.7. The Morgan fingerprint density at radius 2 is 2.04 bits per heavy atom. The predicted molar refractivity (Wildman–Crippen MR) is 84.8 cm³/mol. The second-order valence-corrected chi connectivity index (χ2v) is 6.20. The third-order valence-electron chi connectivity index (χ3n) is 4.63. The third-order valence-corrected chi connectivity index (χ3v) is 4.63. The quantitative estimate of drug-likeness (QED) is 0.852. The first kappa shape index (κ1) is 14.8. The SMILES string of the molecule is N#CC1CN(C(=O)c2ccc(-c3ncon3)cc2)CCN1C1CC1. The van der Waals surface area contributed by atoms with Crippen LogP contribution in [-0.2, 0) is 0 Å². The summed E-state index contributed by atoms with van der Waals surface area (Å²) >= 11 is 0. The number of benzene rings is 1. The largest absolute Gasteiger partial charge is 0.342 e. The Morgan fingerprint density at radius 1 is 1.25 bits per heavy atom. The van der Waals surface area contributed by atoms with Crippen molar-refractivity contribution in [3.05, 3.63) is 36.2 Å². The van der Waals surface area contributed by atoms with Crippen LogP contribution in [0.1, 0.15) is 23.2 Å². The standard InChI is InChI=1S/C17H17N5O2/c18-9-15-10-21(7-8-22(15)14-5-6-14)17(23)13-3-1-12(2-4-13)16-19-11-24-20-16/h1-4,11,14-15H,5-8,10H2. The van der Waals surface area contributed by atoms with Crippen molar-refractivity contribution in [3.63, 3.8) is 0 Å². The number of aromatic nitrogens is 2. The van der Waals surface area contributed by atoms with Gasteiger partial charge in [-0.15, -0.1) is 0 Å². The van der Waals surface area contributed by atoms with Gasteiger partial charge in [0.2, 0.25) is 12.2 Å². The van der Waals surface area contributed by atoms with Gasteiger partial charge in [-0.2, -0.15) is 10.2 Å². The van der Waals surface area contributed by atoms with Crippen LogP contribution in [0.3, 0.4) is 0 Å². The molecule has 0 radical (unpaired) electrons. The minimum Gasteiger partial charge on any atom is -0.342 e. The fraction of sp³-hybridized carbons (Fsp3) is 0.412. The number of carbonyl (C=O) groups excluding carboxylic acids is 1. The highest BCUT2D eigenvalue weighted by molar-refractivity contribution is 5.94. The average Bonchev–Trinajstić information content (AvgIpc) is 3.34. The predicted octanol–water partition coefficient (Wildman–Crippen LogP) is 1.55. The molecule has 0 bridgehead atoms. The van der Waals surface area contributed by atoms with Crippen LogP contribution in [0.15, 0.2) is 35.2 Å². The summed E-state index contributed by atoms with van der Waals surface area (Å²) in [7, 11) is 0. The molecule has 0 spiro atoms. The molecule has 24 heavy (non-hydrogen) atoms. The second kappa shape index (κ2) is 6.06. The van der Waals surface area contributed by atoms with Crippen molar-refractivity contribution < 1.29 is 9.32 Å². The highest BCUT2D eigenvalue weighted by Gasteiger charge is 2.38. The van der Waals surface area contributed by atoms with E-state index in [2.05, 4.69) is 21.1 Å². The number of piperazine rings is 1. The van der Waals surface area contributed by atoms with E-state index in [9.17, 15) is 10.1 Å². The van der Waals surface area contributed by atoms with E-state index in [1.54, 1.807) is 29.2 Å². The van der Waals surface area contributed by atoms with Crippen molar-refractivity contribution >= 4 is 5.91 Å². The molecule has 1 saturated carbocycles. The number of rotatable bonds is 3. The summed E-state index contributed by atoms with van der Waals surface area (Å²) in [5, 5.41) is 13.2. The van der Waals surface area contributed by atoms with E-state index >= 15 is 0 Å². The monoisotopic (exact) mass is 323 g/mol. The van der Waals surface area contributed by atoms with E-state index in [0.717, 1.165) is 12.1 Å². The zero-order valence-electron chi connectivity index (χ0n) is 13.1. The van der Waals surface area contributed by atoms with E-state index in [4.69, 9.17) is 4.52 Å². The minimum atomic E-state index is -0.200. The van der Waals surface area contributed by atoms with Crippen LogP contribution in [0, 0.1) is 11.3 Å². The van der Waals surface area contributed by atoms with Gasteiger partial charge >= 0.3 is 0 Å². The number of nitrogens with zero attached hydrogens (tertiary/aromatic N) is 5. The van der Waals surface area contributed by atoms with Gasteiger partial charge in [-0.3, -0.25) is 9.69 Å². The minimum absolute atomic E-state index is 0.0367. The van der Waals surface area contributed by atoms with Crippen molar-refractivity contribution in [1.29, 1.82) is 5.26 Å². The lowest BCUT2D eigenvalue weighted by atomic mass is 10.1. The van der Waals surface area contributed by atoms with E-state index in [0.29, 0.717) is 30.5 Å². The van der Waals surface area contributed by atoms with Gasteiger partial charge in [0, 0.05) is 36.8 Å². The van der Waals surface area contributed by atoms with Crippen LogP contribution in [0.25, 0.3) is 11.4 Å². The van der Waals surface area contributed by atoms with Gasteiger partial charge in [0.05, 0.1) is 6.07 Å². The topological polar surface area (TPSA) is 86.3 Å². The lowest BCUT2D eigenvalue weighted by molar-refractivity contribution is 0.0550. The summed E-state index contributed by atoms with van der Waals surface area (Å²) < 4.78 is 4.73. The number of amides is 1. The maximum Gasteiger partial charge on any atom is 0.253 e. The lowest BCUT2D eigenvalue weighted by Crippen LogP contribution is -2.54. The van der Waals surface area contributed by atoms with Crippen LogP contribution in [0.2, 0.25) is 0 Å². The summed E-state index contributed by atoms with van der Waals surface area (Å²) in [4.78, 5) is 20.7. The Balaban J connectivity index is 1.46. The normalized spacial score (nSPS) is 21.5. The average molecular weight is 323 g/mol. The third kappa shape index (κ3) is 2.76. The Bertz CT molecular complexity index is 761. The smallest absolute Gasteiger partial charge is 0.253 e. The maximum absolute atomic E-state index is 12.7. The molecule has 2 aromatic rings. The van der Waals surface area contributed by atoms with Gasteiger partial charge in [0.15, 0.2) is 0 Å². The lowest BCUT2D eigenvalue weighted by Gasteiger charge is -2.38. The molecule has 1 aromatic carbocycles. The fourth-order valence-corrected chi connectivity index (χ4v) is 3.18. The molecule has 1 saturated heterocycles. The van der Waals surface area contributed by atoms with Crippen molar-refractivity contribution in [2.45, 2.75) is 24.9 Å². The van der Waals surface area contributed by atoms with E-state index in [1.165, 1.54) is 19.2 Å². The number of hydrogen-bond acceptors (Lipinski definition) is 6. The summed E-state index contributed by atoms with van der Waals surface area (Å²) in [6, 6.07) is 9.83. The Labute approximate surface area is 139 Å². The van der Waals surface area contributed by atoms with Crippen LogP contribution < -0.4 is 0 Å². The van der Waals surface area contributed by atoms with Crippen LogP contribution in [0.4, 0.5) is 0 Å². The van der Waals surface area contributed by atoms with Crippen molar-refractivity contribution in [2.75, 3.05) is 19.6 Å². The van der Waals surface area contributed by atoms with E-state index in [1.807, 2.05) is 0 Å². The molecule has 4 rings (SSSR count). The summed E-state index contributed by atoms with van der Waals surface area (Å²) in [5.74, 6) is 0.460. The first-order chi connectivity index (χ1) is 11.8. The van der Waals surface area contributed by atoms with Crippen LogP contribution >= 0.6 is 0 Å². The zero-order valence-corrected chi connectivity index (χ0v) is 13.1. The molecule has 1 aliphatic carbocycles. The van der Waals surface area contributed by atoms with Gasteiger partial charge in [-0.1, -0.05) is 17.3 Å². The number of hydrogen-bond donors (Lipinski definition) is 0. The van der Waals surface area contributed by atoms with E-state index < -0.39 is 0 Å². The first-order valence-electron chi connectivity index (χ1n) is 8.07. The van der Waals surface area contributed by atoms with Crippen LogP contribution in [-0.4, -0.2) is 57.6 Å². The highest BCUT2D eigenvalue weighted by Crippen LogP contribution is 2.30. The molecular weight excluding hydrogens is 306 g/mol. The first-order valence-corrected chi connectivity index (χ1v) is 8.07. The molecule has 2 fully saturated rings. The fourth-order valence-electron chi connectivity index (χ4n) is 3.18. The molecule has 2 aliphatic rings. The summed E-state index contributed by atoms with van der Waals surface area (Å²) in [6.07, 6.45) is 3.61. The van der Waals surface area contributed by atoms with E-state index in [-0.39, 0.29) is 11.9 Å². The summed E-state index contributed by atoms with van der Waals surface area (Å²) in [5.41, 5.74) is 1.41. The Kier molecular flexibility index (Phi) is 3.75. The highest BCUT2D eigenvalue weighted by atomic mass is 16.5. The van der Waals surface area contributed by atoms with Crippen molar-refractivity contribution in [1.82, 2.24) is 19.9 Å². The molecule has 1 atom stereocenters. The zero-order chi connectivity index (χ0) is 16.5.